The molecule has 24 heavy (non-hydrogen) atoms. The molecule has 1 saturated carbocycles. The van der Waals surface area contributed by atoms with E-state index in [0.717, 1.165) is 37.2 Å². The molecule has 0 unspecified atom stereocenters. The Labute approximate surface area is 142 Å². The zero-order chi connectivity index (χ0) is 16.5. The van der Waals surface area contributed by atoms with Crippen molar-refractivity contribution in [3.8, 4) is 0 Å². The highest BCUT2D eigenvalue weighted by molar-refractivity contribution is 5.86. The monoisotopic (exact) mass is 322 g/mol. The molecule has 4 rings (SSSR count). The van der Waals surface area contributed by atoms with Crippen LogP contribution in [-0.4, -0.2) is 28.0 Å². The Morgan fingerprint density at radius 3 is 2.79 bits per heavy atom. The maximum Gasteiger partial charge on any atom is 0.243 e. The van der Waals surface area contributed by atoms with Gasteiger partial charge in [-0.3, -0.25) is 4.79 Å². The second-order valence-electron chi connectivity index (χ2n) is 6.62. The predicted molar refractivity (Wildman–Crippen MR) is 92.7 cm³/mol. The number of amides is 1. The van der Waals surface area contributed by atoms with Gasteiger partial charge in [0.2, 0.25) is 5.91 Å². The third-order valence-corrected chi connectivity index (χ3v) is 4.84. The van der Waals surface area contributed by atoms with Crippen LogP contribution < -0.4 is 10.2 Å². The van der Waals surface area contributed by atoms with Gasteiger partial charge in [-0.15, -0.1) is 0 Å². The Morgan fingerprint density at radius 2 is 2.04 bits per heavy atom. The van der Waals surface area contributed by atoms with Gasteiger partial charge in [0.15, 0.2) is 0 Å². The van der Waals surface area contributed by atoms with Crippen molar-refractivity contribution in [2.75, 3.05) is 4.90 Å². The van der Waals surface area contributed by atoms with Crippen LogP contribution in [0.4, 0.5) is 5.82 Å². The maximum atomic E-state index is 12.8. The van der Waals surface area contributed by atoms with E-state index < -0.39 is 0 Å². The lowest BCUT2D eigenvalue weighted by molar-refractivity contribution is -0.122. The largest absolute Gasteiger partial charge is 0.352 e. The minimum Gasteiger partial charge on any atom is -0.352 e. The lowest BCUT2D eigenvalue weighted by atomic mass is 9.93. The summed E-state index contributed by atoms with van der Waals surface area (Å²) in [6.45, 7) is 2.79. The van der Waals surface area contributed by atoms with Crippen molar-refractivity contribution in [3.63, 3.8) is 0 Å². The summed E-state index contributed by atoms with van der Waals surface area (Å²) in [6.07, 6.45) is 5.38. The summed E-state index contributed by atoms with van der Waals surface area (Å²) in [5.41, 5.74) is 3.53. The molecule has 2 heterocycles. The molecule has 1 atom stereocenters. The molecule has 1 aliphatic heterocycles. The van der Waals surface area contributed by atoms with E-state index in [-0.39, 0.29) is 11.9 Å². The summed E-state index contributed by atoms with van der Waals surface area (Å²) in [7, 11) is 0. The van der Waals surface area contributed by atoms with Crippen LogP contribution in [0.5, 0.6) is 0 Å². The van der Waals surface area contributed by atoms with E-state index in [9.17, 15) is 4.79 Å². The van der Waals surface area contributed by atoms with Crippen LogP contribution in [0.15, 0.2) is 36.7 Å². The summed E-state index contributed by atoms with van der Waals surface area (Å²) >= 11 is 0. The van der Waals surface area contributed by atoms with E-state index in [0.29, 0.717) is 12.6 Å². The van der Waals surface area contributed by atoms with Crippen LogP contribution in [0.2, 0.25) is 0 Å². The number of hydrogen-bond acceptors (Lipinski definition) is 4. The van der Waals surface area contributed by atoms with Crippen LogP contribution in [0, 0.1) is 0 Å². The lowest BCUT2D eigenvalue weighted by Gasteiger charge is -2.37. The molecule has 1 amide bonds. The van der Waals surface area contributed by atoms with Gasteiger partial charge in [0, 0.05) is 30.8 Å². The van der Waals surface area contributed by atoms with Crippen LogP contribution in [0.25, 0.3) is 0 Å². The standard InChI is InChI=1S/C19H22N4O/c1-2-15-10-18(21-12-20-15)23-11-14-6-4-3-5-13(14)9-17(23)19(24)22-16-7-8-16/h3-6,10,12,16-17H,2,7-9,11H2,1H3,(H,22,24)/t17-/m0/s1. The Morgan fingerprint density at radius 1 is 1.25 bits per heavy atom. The Hall–Kier alpha value is -2.43. The fourth-order valence-electron chi connectivity index (χ4n) is 3.26. The zero-order valence-corrected chi connectivity index (χ0v) is 13.9. The van der Waals surface area contributed by atoms with Crippen LogP contribution in [0.1, 0.15) is 36.6 Å². The average Bonchev–Trinajstić information content (AvgIpc) is 3.44. The molecule has 0 radical (unpaired) electrons. The first-order valence-electron chi connectivity index (χ1n) is 8.69. The molecule has 0 spiro atoms. The zero-order valence-electron chi connectivity index (χ0n) is 13.9. The van der Waals surface area contributed by atoms with Crippen molar-refractivity contribution in [1.29, 1.82) is 0 Å². The number of nitrogens with one attached hydrogen (secondary N) is 1. The molecule has 1 N–H and O–H groups in total. The number of rotatable bonds is 4. The summed E-state index contributed by atoms with van der Waals surface area (Å²) in [5, 5.41) is 3.16. The molecule has 1 aliphatic carbocycles. The first kappa shape index (κ1) is 15.1. The second kappa shape index (κ2) is 6.23. The summed E-state index contributed by atoms with van der Waals surface area (Å²) in [4.78, 5) is 23.7. The molecule has 0 saturated heterocycles. The highest BCUT2D eigenvalue weighted by Gasteiger charge is 2.35. The van der Waals surface area contributed by atoms with E-state index in [1.54, 1.807) is 6.33 Å². The number of hydrogen-bond donors (Lipinski definition) is 1. The quantitative estimate of drug-likeness (QED) is 0.938. The third kappa shape index (κ3) is 2.98. The molecule has 1 fully saturated rings. The topological polar surface area (TPSA) is 58.1 Å². The normalized spacial score (nSPS) is 19.7. The van der Waals surface area contributed by atoms with Gasteiger partial charge in [-0.25, -0.2) is 9.97 Å². The van der Waals surface area contributed by atoms with Crippen molar-refractivity contribution >= 4 is 11.7 Å². The maximum absolute atomic E-state index is 12.8. The lowest BCUT2D eigenvalue weighted by Crippen LogP contribution is -2.51. The summed E-state index contributed by atoms with van der Waals surface area (Å²) in [5.74, 6) is 0.955. The number of aromatic nitrogens is 2. The van der Waals surface area contributed by atoms with Crippen LogP contribution in [0.3, 0.4) is 0 Å². The van der Waals surface area contributed by atoms with Crippen LogP contribution in [-0.2, 0) is 24.2 Å². The Balaban J connectivity index is 1.68. The van der Waals surface area contributed by atoms with Gasteiger partial charge in [0.05, 0.1) is 0 Å². The molecular weight excluding hydrogens is 300 g/mol. The fourth-order valence-corrected chi connectivity index (χ4v) is 3.26. The minimum absolute atomic E-state index is 0.115. The summed E-state index contributed by atoms with van der Waals surface area (Å²) < 4.78 is 0. The van der Waals surface area contributed by atoms with Gasteiger partial charge in [-0.05, 0) is 30.4 Å². The number of fused-ring (bicyclic) bond motifs is 1. The van der Waals surface area contributed by atoms with Crippen molar-refractivity contribution in [1.82, 2.24) is 15.3 Å². The van der Waals surface area contributed by atoms with E-state index in [4.69, 9.17) is 0 Å². The smallest absolute Gasteiger partial charge is 0.243 e. The number of nitrogens with zero attached hydrogens (tertiary/aromatic N) is 3. The van der Waals surface area contributed by atoms with Crippen LogP contribution >= 0.6 is 0 Å². The van der Waals surface area contributed by atoms with Gasteiger partial charge < -0.3 is 10.2 Å². The number of aryl methyl sites for hydroxylation is 1. The van der Waals surface area contributed by atoms with Crippen molar-refractivity contribution in [3.05, 3.63) is 53.5 Å². The number of carbonyl (C=O) groups excluding carboxylic acids is 1. The van der Waals surface area contributed by atoms with E-state index in [2.05, 4.69) is 45.3 Å². The van der Waals surface area contributed by atoms with Crippen molar-refractivity contribution in [2.45, 2.75) is 51.2 Å². The molecule has 0 bridgehead atoms. The van der Waals surface area contributed by atoms with Gasteiger partial charge in [0.25, 0.3) is 0 Å². The Kier molecular flexibility index (Phi) is 3.92. The van der Waals surface area contributed by atoms with E-state index >= 15 is 0 Å². The molecule has 5 nitrogen and oxygen atoms in total. The van der Waals surface area contributed by atoms with E-state index in [1.165, 1.54) is 11.1 Å². The highest BCUT2D eigenvalue weighted by Crippen LogP contribution is 2.28. The number of anilines is 1. The number of carbonyl (C=O) groups is 1. The molecule has 1 aromatic carbocycles. The molecule has 2 aliphatic rings. The van der Waals surface area contributed by atoms with Gasteiger partial charge >= 0.3 is 0 Å². The molecule has 2 aromatic rings. The van der Waals surface area contributed by atoms with Gasteiger partial charge in [0.1, 0.15) is 18.2 Å². The van der Waals surface area contributed by atoms with Crippen molar-refractivity contribution < 1.29 is 4.79 Å². The first-order valence-corrected chi connectivity index (χ1v) is 8.69. The summed E-state index contributed by atoms with van der Waals surface area (Å²) in [6, 6.07) is 10.5. The second-order valence-corrected chi connectivity index (χ2v) is 6.62. The number of benzene rings is 1. The SMILES string of the molecule is CCc1cc(N2Cc3ccccc3C[C@H]2C(=O)NC2CC2)ncn1. The van der Waals surface area contributed by atoms with Gasteiger partial charge in [-0.2, -0.15) is 0 Å². The molecule has 1 aromatic heterocycles. The van der Waals surface area contributed by atoms with E-state index in [1.807, 2.05) is 12.1 Å². The first-order chi connectivity index (χ1) is 11.7. The van der Waals surface area contributed by atoms with Gasteiger partial charge in [-0.1, -0.05) is 31.2 Å². The Bertz CT molecular complexity index is 757. The third-order valence-electron chi connectivity index (χ3n) is 4.84. The predicted octanol–water partition coefficient (Wildman–Crippen LogP) is 2.25. The fraction of sp³-hybridized carbons (Fsp3) is 0.421. The molecule has 5 heteroatoms. The molecular formula is C19H22N4O. The minimum atomic E-state index is -0.208. The van der Waals surface area contributed by atoms with Crippen molar-refractivity contribution in [2.24, 2.45) is 0 Å². The average molecular weight is 322 g/mol. The highest BCUT2D eigenvalue weighted by atomic mass is 16.2. The molecule has 124 valence electrons.